The van der Waals surface area contributed by atoms with E-state index in [1.807, 2.05) is 0 Å². The number of nitrogens with zero attached hydrogens (tertiary/aromatic N) is 4. The Morgan fingerprint density at radius 3 is 2.64 bits per heavy atom. The maximum atomic E-state index is 11.0. The molecule has 1 unspecified atom stereocenters. The minimum Gasteiger partial charge on any atom is -0.480 e. The number of carboxylic acid groups (broad SMARTS) is 1. The second-order valence-corrected chi connectivity index (χ2v) is 5.49. The Morgan fingerprint density at radius 1 is 1.28 bits per heavy atom. The first kappa shape index (κ1) is 17.4. The number of carboxylic acids is 1. The highest BCUT2D eigenvalue weighted by atomic mass is 16.6. The number of rotatable bonds is 6. The molecule has 1 saturated heterocycles. The van der Waals surface area contributed by atoms with Crippen molar-refractivity contribution >= 4 is 23.0 Å². The first-order valence-electron chi connectivity index (χ1n) is 7.38. The van der Waals surface area contributed by atoms with Gasteiger partial charge in [-0.1, -0.05) is 0 Å². The summed E-state index contributed by atoms with van der Waals surface area (Å²) in [7, 11) is 0. The molecule has 0 radical (unpaired) electrons. The Morgan fingerprint density at radius 2 is 2.04 bits per heavy atom. The van der Waals surface area contributed by atoms with Crippen LogP contribution in [0.15, 0.2) is 12.7 Å². The average molecular weight is 355 g/mol. The third-order valence-electron chi connectivity index (χ3n) is 3.94. The monoisotopic (exact) mass is 355 g/mol. The summed E-state index contributed by atoms with van der Waals surface area (Å²) in [6.45, 7) is -1.13. The summed E-state index contributed by atoms with van der Waals surface area (Å²) in [5, 5.41) is 49.8. The molecule has 1 aliphatic rings. The van der Waals surface area contributed by atoms with E-state index in [0.29, 0.717) is 0 Å². The predicted molar refractivity (Wildman–Crippen MR) is 80.5 cm³/mol. The standard InChI is InChI=1S/C13H17N5O7/c19-1-5(13(23)24)17-10-7-11(15-3-14-10)18(4-16-7)12-9(22)8(21)6(2-20)25-12/h3-6,8-9,12,19-22H,1-2H2,(H,23,24)(H,14,15,17)/t5-,6-,8?,9+,12-/m1/s1. The van der Waals surface area contributed by atoms with Crippen LogP contribution < -0.4 is 5.32 Å². The van der Waals surface area contributed by atoms with Crippen molar-refractivity contribution in [3.05, 3.63) is 12.7 Å². The molecule has 25 heavy (non-hydrogen) atoms. The number of aromatic nitrogens is 4. The SMILES string of the molecule is O=C(O)[C@@H](CO)Nc1ncnc2c1ncn2[C@@H]1O[C@H](CO)C(O)[C@@H]1O. The van der Waals surface area contributed by atoms with Crippen molar-refractivity contribution in [1.82, 2.24) is 19.5 Å². The van der Waals surface area contributed by atoms with Crippen LogP contribution in [-0.2, 0) is 9.53 Å². The topological polar surface area (TPSA) is 183 Å². The minimum absolute atomic E-state index is 0.0805. The molecule has 136 valence electrons. The van der Waals surface area contributed by atoms with E-state index in [-0.39, 0.29) is 17.0 Å². The second-order valence-electron chi connectivity index (χ2n) is 5.49. The van der Waals surface area contributed by atoms with Gasteiger partial charge in [-0.3, -0.25) is 4.57 Å². The molecule has 3 rings (SSSR count). The molecule has 0 aromatic carbocycles. The van der Waals surface area contributed by atoms with Crippen LogP contribution in [0.3, 0.4) is 0 Å². The van der Waals surface area contributed by atoms with E-state index in [0.717, 1.165) is 6.33 Å². The number of nitrogens with one attached hydrogen (secondary N) is 1. The number of imidazole rings is 1. The number of aliphatic hydroxyl groups excluding tert-OH is 4. The second kappa shape index (κ2) is 6.85. The molecule has 0 bridgehead atoms. The molecule has 5 atom stereocenters. The van der Waals surface area contributed by atoms with E-state index >= 15 is 0 Å². The number of aliphatic hydroxyl groups is 4. The summed E-state index contributed by atoms with van der Waals surface area (Å²) >= 11 is 0. The normalized spacial score (nSPS) is 27.5. The molecule has 0 saturated carbocycles. The smallest absolute Gasteiger partial charge is 0.328 e. The van der Waals surface area contributed by atoms with Gasteiger partial charge < -0.3 is 35.6 Å². The molecular weight excluding hydrogens is 338 g/mol. The summed E-state index contributed by atoms with van der Waals surface area (Å²) < 4.78 is 6.77. The lowest BCUT2D eigenvalue weighted by molar-refractivity contribution is -0.138. The summed E-state index contributed by atoms with van der Waals surface area (Å²) in [5.41, 5.74) is 0.411. The van der Waals surface area contributed by atoms with Gasteiger partial charge in [-0.15, -0.1) is 0 Å². The fraction of sp³-hybridized carbons (Fsp3) is 0.538. The van der Waals surface area contributed by atoms with Crippen molar-refractivity contribution in [2.24, 2.45) is 0 Å². The Bertz CT molecular complexity index is 768. The van der Waals surface area contributed by atoms with Gasteiger partial charge in [0.05, 0.1) is 19.5 Å². The lowest BCUT2D eigenvalue weighted by Crippen LogP contribution is -2.33. The molecule has 1 fully saturated rings. The number of aliphatic carboxylic acids is 1. The first-order valence-corrected chi connectivity index (χ1v) is 7.38. The van der Waals surface area contributed by atoms with E-state index in [1.165, 1.54) is 10.9 Å². The van der Waals surface area contributed by atoms with Crippen molar-refractivity contribution in [3.63, 3.8) is 0 Å². The number of hydrogen-bond donors (Lipinski definition) is 6. The van der Waals surface area contributed by atoms with Crippen LogP contribution in [0.25, 0.3) is 11.2 Å². The molecule has 0 spiro atoms. The van der Waals surface area contributed by atoms with Crippen LogP contribution in [-0.4, -0.2) is 88.6 Å². The summed E-state index contributed by atoms with van der Waals surface area (Å²) in [6, 6.07) is -1.28. The zero-order valence-electron chi connectivity index (χ0n) is 12.8. The van der Waals surface area contributed by atoms with E-state index in [9.17, 15) is 15.0 Å². The van der Waals surface area contributed by atoms with E-state index in [4.69, 9.17) is 20.1 Å². The third kappa shape index (κ3) is 3.01. The highest BCUT2D eigenvalue weighted by Gasteiger charge is 2.44. The van der Waals surface area contributed by atoms with Crippen molar-refractivity contribution in [3.8, 4) is 0 Å². The molecule has 1 aliphatic heterocycles. The largest absolute Gasteiger partial charge is 0.480 e. The van der Waals surface area contributed by atoms with E-state index in [2.05, 4.69) is 20.3 Å². The van der Waals surface area contributed by atoms with Gasteiger partial charge in [-0.05, 0) is 0 Å². The molecule has 12 nitrogen and oxygen atoms in total. The number of hydrogen-bond acceptors (Lipinski definition) is 10. The van der Waals surface area contributed by atoms with Gasteiger partial charge in [0.1, 0.15) is 30.7 Å². The molecule has 2 aromatic heterocycles. The predicted octanol–water partition coefficient (Wildman–Crippen LogP) is -2.70. The van der Waals surface area contributed by atoms with Crippen LogP contribution in [0.2, 0.25) is 0 Å². The molecule has 12 heteroatoms. The number of ether oxygens (including phenoxy) is 1. The lowest BCUT2D eigenvalue weighted by Gasteiger charge is -2.17. The van der Waals surface area contributed by atoms with Crippen molar-refractivity contribution < 1.29 is 35.1 Å². The zero-order chi connectivity index (χ0) is 18.1. The number of carbonyl (C=O) groups is 1. The van der Waals surface area contributed by atoms with E-state index in [1.54, 1.807) is 0 Å². The lowest BCUT2D eigenvalue weighted by atomic mass is 10.1. The molecule has 2 aromatic rings. The van der Waals surface area contributed by atoms with Crippen LogP contribution in [0.1, 0.15) is 6.23 Å². The van der Waals surface area contributed by atoms with Gasteiger partial charge in [0.15, 0.2) is 23.2 Å². The molecule has 0 aliphatic carbocycles. The van der Waals surface area contributed by atoms with Gasteiger partial charge in [-0.25, -0.2) is 19.7 Å². The summed E-state index contributed by atoms with van der Waals surface area (Å²) in [4.78, 5) is 23.1. The fourth-order valence-electron chi connectivity index (χ4n) is 2.60. The first-order chi connectivity index (χ1) is 12.0. The maximum Gasteiger partial charge on any atom is 0.328 e. The van der Waals surface area contributed by atoms with Gasteiger partial charge in [0.2, 0.25) is 0 Å². The Balaban J connectivity index is 1.95. The summed E-state index contributed by atoms with van der Waals surface area (Å²) in [5.74, 6) is -1.19. The average Bonchev–Trinajstić information content (AvgIpc) is 3.15. The van der Waals surface area contributed by atoms with Crippen molar-refractivity contribution in [2.45, 2.75) is 30.6 Å². The van der Waals surface area contributed by atoms with Crippen molar-refractivity contribution in [1.29, 1.82) is 0 Å². The summed E-state index contributed by atoms with van der Waals surface area (Å²) in [6.07, 6.45) is -2.14. The molecule has 6 N–H and O–H groups in total. The van der Waals surface area contributed by atoms with Gasteiger partial charge in [0, 0.05) is 0 Å². The zero-order valence-corrected chi connectivity index (χ0v) is 12.8. The highest BCUT2D eigenvalue weighted by molar-refractivity contribution is 5.86. The number of anilines is 1. The van der Waals surface area contributed by atoms with Crippen LogP contribution in [0, 0.1) is 0 Å². The quantitative estimate of drug-likeness (QED) is 0.317. The maximum absolute atomic E-state index is 11.0. The fourth-order valence-corrected chi connectivity index (χ4v) is 2.60. The van der Waals surface area contributed by atoms with Gasteiger partial charge in [-0.2, -0.15) is 0 Å². The highest BCUT2D eigenvalue weighted by Crippen LogP contribution is 2.32. The van der Waals surface area contributed by atoms with Crippen LogP contribution in [0.4, 0.5) is 5.82 Å². The van der Waals surface area contributed by atoms with Crippen molar-refractivity contribution in [2.75, 3.05) is 18.5 Å². The molecular formula is C13H17N5O7. The van der Waals surface area contributed by atoms with Gasteiger partial charge >= 0.3 is 5.97 Å². The third-order valence-corrected chi connectivity index (χ3v) is 3.94. The Labute approximate surface area is 140 Å². The minimum atomic E-state index is -1.31. The molecule has 3 heterocycles. The Hall–Kier alpha value is -2.38. The Kier molecular flexibility index (Phi) is 4.78. The van der Waals surface area contributed by atoms with Gasteiger partial charge in [0.25, 0.3) is 0 Å². The number of fused-ring (bicyclic) bond motifs is 1. The van der Waals surface area contributed by atoms with E-state index < -0.39 is 49.8 Å². The van der Waals surface area contributed by atoms with Crippen LogP contribution in [0.5, 0.6) is 0 Å². The van der Waals surface area contributed by atoms with Crippen LogP contribution >= 0.6 is 0 Å². The molecule has 0 amide bonds.